The third kappa shape index (κ3) is 3.92. The van der Waals surface area contributed by atoms with Gasteiger partial charge in [-0.25, -0.2) is 9.48 Å². The summed E-state index contributed by atoms with van der Waals surface area (Å²) in [6.07, 6.45) is 2.15. The fourth-order valence-corrected chi connectivity index (χ4v) is 2.32. The van der Waals surface area contributed by atoms with Crippen molar-refractivity contribution in [1.29, 1.82) is 0 Å². The number of rotatable bonds is 7. The Morgan fingerprint density at radius 3 is 2.95 bits per heavy atom. The van der Waals surface area contributed by atoms with Crippen molar-refractivity contribution in [2.75, 3.05) is 12.4 Å². The molecule has 0 aliphatic heterocycles. The van der Waals surface area contributed by atoms with E-state index in [1.807, 2.05) is 0 Å². The zero-order chi connectivity index (χ0) is 14.5. The van der Waals surface area contributed by atoms with Crippen LogP contribution in [0.1, 0.15) is 32.7 Å². The van der Waals surface area contributed by atoms with Gasteiger partial charge >= 0.3 is 5.97 Å². The van der Waals surface area contributed by atoms with Gasteiger partial charge in [-0.3, -0.25) is 4.79 Å². The molecular weight excluding hydrogens is 282 g/mol. The third-order valence-corrected chi connectivity index (χ3v) is 3.64. The van der Waals surface area contributed by atoms with E-state index in [0.29, 0.717) is 17.8 Å². The molecule has 1 aliphatic carbocycles. The van der Waals surface area contributed by atoms with E-state index in [2.05, 4.69) is 20.8 Å². The lowest BCUT2D eigenvalue weighted by Gasteiger charge is -2.12. The first-order valence-corrected chi connectivity index (χ1v) is 7.47. The SMILES string of the molecule is CCOC(=O)C(C)NC(=O)CSc1nnnn1C1CC1. The molecule has 1 aliphatic rings. The second kappa shape index (κ2) is 6.69. The van der Waals surface area contributed by atoms with Crippen molar-refractivity contribution in [2.45, 2.75) is 43.9 Å². The Kier molecular flexibility index (Phi) is 4.94. The van der Waals surface area contributed by atoms with Gasteiger partial charge in [-0.2, -0.15) is 0 Å². The molecular formula is C11H17N5O3S. The first-order chi connectivity index (χ1) is 9.61. The molecule has 0 radical (unpaired) electrons. The van der Waals surface area contributed by atoms with Crippen LogP contribution in [-0.2, 0) is 14.3 Å². The normalized spacial score (nSPS) is 15.7. The Morgan fingerprint density at radius 1 is 1.55 bits per heavy atom. The second-order valence-corrected chi connectivity index (χ2v) is 5.41. The number of hydrogen-bond acceptors (Lipinski definition) is 7. The average Bonchev–Trinajstić information content (AvgIpc) is 3.15. The van der Waals surface area contributed by atoms with Crippen LogP contribution in [0.2, 0.25) is 0 Å². The van der Waals surface area contributed by atoms with Crippen LogP contribution < -0.4 is 5.32 Å². The number of nitrogens with zero attached hydrogens (tertiary/aromatic N) is 4. The first kappa shape index (κ1) is 14.8. The second-order valence-electron chi connectivity index (χ2n) is 4.47. The van der Waals surface area contributed by atoms with Crippen LogP contribution >= 0.6 is 11.8 Å². The molecule has 110 valence electrons. The lowest BCUT2D eigenvalue weighted by atomic mass is 10.3. The minimum atomic E-state index is -0.650. The van der Waals surface area contributed by atoms with Crippen molar-refractivity contribution in [2.24, 2.45) is 0 Å². The highest BCUT2D eigenvalue weighted by Gasteiger charge is 2.28. The average molecular weight is 299 g/mol. The predicted octanol–water partition coefficient (Wildman–Crippen LogP) is 0.168. The number of tetrazole rings is 1. The Hall–Kier alpha value is -1.64. The molecule has 0 saturated heterocycles. The lowest BCUT2D eigenvalue weighted by Crippen LogP contribution is -2.40. The fraction of sp³-hybridized carbons (Fsp3) is 0.727. The van der Waals surface area contributed by atoms with Crippen molar-refractivity contribution >= 4 is 23.6 Å². The van der Waals surface area contributed by atoms with E-state index < -0.39 is 12.0 Å². The molecule has 9 heteroatoms. The number of ether oxygens (including phenoxy) is 1. The van der Waals surface area contributed by atoms with Crippen LogP contribution in [0, 0.1) is 0 Å². The number of carbonyl (C=O) groups is 2. The standard InChI is InChI=1S/C11H17N5O3S/c1-3-19-10(18)7(2)12-9(17)6-20-11-13-14-15-16(11)8-4-5-8/h7-8H,3-6H2,1-2H3,(H,12,17). The molecule has 1 amide bonds. The van der Waals surface area contributed by atoms with Gasteiger partial charge in [0.2, 0.25) is 11.1 Å². The highest BCUT2D eigenvalue weighted by molar-refractivity contribution is 7.99. The zero-order valence-corrected chi connectivity index (χ0v) is 12.2. The monoisotopic (exact) mass is 299 g/mol. The minimum absolute atomic E-state index is 0.164. The van der Waals surface area contributed by atoms with Gasteiger partial charge in [0.1, 0.15) is 6.04 Å². The Morgan fingerprint density at radius 2 is 2.30 bits per heavy atom. The Labute approximate surface area is 120 Å². The number of aromatic nitrogens is 4. The van der Waals surface area contributed by atoms with Crippen molar-refractivity contribution in [3.05, 3.63) is 0 Å². The lowest BCUT2D eigenvalue weighted by molar-refractivity contribution is -0.146. The highest BCUT2D eigenvalue weighted by Crippen LogP contribution is 2.36. The number of esters is 1. The molecule has 20 heavy (non-hydrogen) atoms. The Bertz CT molecular complexity index is 488. The molecule has 1 heterocycles. The van der Waals surface area contributed by atoms with E-state index in [4.69, 9.17) is 4.74 Å². The number of thioether (sulfide) groups is 1. The summed E-state index contributed by atoms with van der Waals surface area (Å²) in [5.41, 5.74) is 0. The maximum atomic E-state index is 11.7. The van der Waals surface area contributed by atoms with Gasteiger partial charge in [0, 0.05) is 0 Å². The van der Waals surface area contributed by atoms with Gasteiger partial charge in [0.05, 0.1) is 18.4 Å². The van der Waals surface area contributed by atoms with Crippen LogP contribution in [0.15, 0.2) is 5.16 Å². The fourth-order valence-electron chi connectivity index (χ4n) is 1.57. The van der Waals surface area contributed by atoms with Crippen LogP contribution in [-0.4, -0.2) is 50.5 Å². The van der Waals surface area contributed by atoms with Crippen LogP contribution in [0.4, 0.5) is 0 Å². The van der Waals surface area contributed by atoms with E-state index in [0.717, 1.165) is 12.8 Å². The number of carbonyl (C=O) groups excluding carboxylic acids is 2. The van der Waals surface area contributed by atoms with E-state index >= 15 is 0 Å². The van der Waals surface area contributed by atoms with Gasteiger partial charge < -0.3 is 10.1 Å². The number of nitrogens with one attached hydrogen (secondary N) is 1. The summed E-state index contributed by atoms with van der Waals surface area (Å²) < 4.78 is 6.56. The molecule has 1 fully saturated rings. The first-order valence-electron chi connectivity index (χ1n) is 6.48. The third-order valence-electron chi connectivity index (χ3n) is 2.71. The molecule has 1 aromatic heterocycles. The van der Waals surface area contributed by atoms with Crippen LogP contribution in [0.5, 0.6) is 0 Å². The van der Waals surface area contributed by atoms with Crippen molar-refractivity contribution in [3.63, 3.8) is 0 Å². The van der Waals surface area contributed by atoms with Gasteiger partial charge in [0.15, 0.2) is 0 Å². The van der Waals surface area contributed by atoms with Crippen LogP contribution in [0.3, 0.4) is 0 Å². The molecule has 2 rings (SSSR count). The summed E-state index contributed by atoms with van der Waals surface area (Å²) >= 11 is 1.26. The van der Waals surface area contributed by atoms with Crippen molar-refractivity contribution < 1.29 is 14.3 Å². The Balaban J connectivity index is 1.77. The topological polar surface area (TPSA) is 99.0 Å². The predicted molar refractivity (Wildman–Crippen MR) is 71.0 cm³/mol. The smallest absolute Gasteiger partial charge is 0.328 e. The van der Waals surface area contributed by atoms with E-state index in [1.54, 1.807) is 18.5 Å². The molecule has 1 unspecified atom stereocenters. The summed E-state index contributed by atoms with van der Waals surface area (Å²) in [6.45, 7) is 3.61. The molecule has 8 nitrogen and oxygen atoms in total. The van der Waals surface area contributed by atoms with E-state index in [-0.39, 0.29) is 11.7 Å². The van der Waals surface area contributed by atoms with Crippen LogP contribution in [0.25, 0.3) is 0 Å². The molecule has 0 aromatic carbocycles. The van der Waals surface area contributed by atoms with E-state index in [1.165, 1.54) is 11.8 Å². The molecule has 1 atom stereocenters. The van der Waals surface area contributed by atoms with Crippen molar-refractivity contribution in [1.82, 2.24) is 25.5 Å². The summed E-state index contributed by atoms with van der Waals surface area (Å²) in [5.74, 6) is -0.522. The molecule has 0 bridgehead atoms. The maximum absolute atomic E-state index is 11.7. The quantitative estimate of drug-likeness (QED) is 0.566. The van der Waals surface area contributed by atoms with E-state index in [9.17, 15) is 9.59 Å². The van der Waals surface area contributed by atoms with Gasteiger partial charge in [0.25, 0.3) is 0 Å². The number of amides is 1. The van der Waals surface area contributed by atoms with Crippen molar-refractivity contribution in [3.8, 4) is 0 Å². The molecule has 1 N–H and O–H groups in total. The van der Waals surface area contributed by atoms with Gasteiger partial charge in [-0.05, 0) is 37.1 Å². The molecule has 1 aromatic rings. The summed E-state index contributed by atoms with van der Waals surface area (Å²) in [6, 6.07) is -0.281. The summed E-state index contributed by atoms with van der Waals surface area (Å²) in [4.78, 5) is 23.1. The summed E-state index contributed by atoms with van der Waals surface area (Å²) in [5, 5.41) is 14.6. The largest absolute Gasteiger partial charge is 0.464 e. The van der Waals surface area contributed by atoms with Gasteiger partial charge in [-0.15, -0.1) is 5.10 Å². The highest BCUT2D eigenvalue weighted by atomic mass is 32.2. The maximum Gasteiger partial charge on any atom is 0.328 e. The number of hydrogen-bond donors (Lipinski definition) is 1. The van der Waals surface area contributed by atoms with Gasteiger partial charge in [-0.1, -0.05) is 11.8 Å². The summed E-state index contributed by atoms with van der Waals surface area (Å²) in [7, 11) is 0. The minimum Gasteiger partial charge on any atom is -0.464 e. The zero-order valence-electron chi connectivity index (χ0n) is 11.4. The molecule has 1 saturated carbocycles. The molecule has 0 spiro atoms.